The SMILES string of the molecule is CC(NC(=O)CNC(=O)C(N)C(C)C)C(=O)NC(CS)C(=O)O. The molecule has 0 radical (unpaired) electrons. The number of aliphatic carboxylic acids is 1. The average molecular weight is 348 g/mol. The molecular formula is C13H24N4O5S. The van der Waals surface area contributed by atoms with Gasteiger partial charge in [-0.15, -0.1) is 0 Å². The van der Waals surface area contributed by atoms with Gasteiger partial charge in [0.05, 0.1) is 12.6 Å². The number of carboxylic acid groups (broad SMARTS) is 1. The van der Waals surface area contributed by atoms with Crippen LogP contribution in [0.4, 0.5) is 0 Å². The van der Waals surface area contributed by atoms with Gasteiger partial charge in [0, 0.05) is 5.75 Å². The minimum atomic E-state index is -1.22. The first-order chi connectivity index (χ1) is 10.6. The Labute approximate surface area is 140 Å². The van der Waals surface area contributed by atoms with Gasteiger partial charge in [0.25, 0.3) is 0 Å². The lowest BCUT2D eigenvalue weighted by Crippen LogP contribution is -2.53. The monoisotopic (exact) mass is 348 g/mol. The summed E-state index contributed by atoms with van der Waals surface area (Å²) in [5.74, 6) is -3.09. The highest BCUT2D eigenvalue weighted by Crippen LogP contribution is 1.97. The number of amides is 3. The van der Waals surface area contributed by atoms with E-state index in [-0.39, 0.29) is 18.2 Å². The van der Waals surface area contributed by atoms with Crippen LogP contribution in [0.2, 0.25) is 0 Å². The van der Waals surface area contributed by atoms with Crippen LogP contribution in [0, 0.1) is 5.92 Å². The van der Waals surface area contributed by atoms with Crippen molar-refractivity contribution in [2.75, 3.05) is 12.3 Å². The molecule has 0 aromatic heterocycles. The molecule has 0 aliphatic carbocycles. The number of carbonyl (C=O) groups excluding carboxylic acids is 3. The molecule has 0 aromatic rings. The van der Waals surface area contributed by atoms with E-state index in [9.17, 15) is 19.2 Å². The summed E-state index contributed by atoms with van der Waals surface area (Å²) in [6, 6.07) is -2.83. The maximum absolute atomic E-state index is 11.8. The van der Waals surface area contributed by atoms with Crippen molar-refractivity contribution in [1.82, 2.24) is 16.0 Å². The molecule has 0 spiro atoms. The molecule has 3 amide bonds. The van der Waals surface area contributed by atoms with Gasteiger partial charge >= 0.3 is 5.97 Å². The molecule has 0 bridgehead atoms. The zero-order chi connectivity index (χ0) is 18.2. The van der Waals surface area contributed by atoms with E-state index in [1.807, 2.05) is 0 Å². The number of nitrogens with one attached hydrogen (secondary N) is 3. The smallest absolute Gasteiger partial charge is 0.327 e. The zero-order valence-corrected chi connectivity index (χ0v) is 14.2. The number of rotatable bonds is 9. The van der Waals surface area contributed by atoms with Crippen molar-refractivity contribution < 1.29 is 24.3 Å². The lowest BCUT2D eigenvalue weighted by molar-refractivity contribution is -0.141. The van der Waals surface area contributed by atoms with E-state index < -0.39 is 41.8 Å². The van der Waals surface area contributed by atoms with E-state index in [4.69, 9.17) is 10.8 Å². The van der Waals surface area contributed by atoms with Crippen LogP contribution in [-0.2, 0) is 19.2 Å². The van der Waals surface area contributed by atoms with Crippen molar-refractivity contribution in [2.24, 2.45) is 11.7 Å². The molecule has 0 saturated carbocycles. The Balaban J connectivity index is 4.31. The van der Waals surface area contributed by atoms with Gasteiger partial charge < -0.3 is 26.8 Å². The van der Waals surface area contributed by atoms with Crippen LogP contribution >= 0.6 is 12.6 Å². The first-order valence-electron chi connectivity index (χ1n) is 7.06. The number of carbonyl (C=O) groups is 4. The summed E-state index contributed by atoms with van der Waals surface area (Å²) < 4.78 is 0. The molecule has 0 saturated heterocycles. The maximum atomic E-state index is 11.8. The highest BCUT2D eigenvalue weighted by Gasteiger charge is 2.23. The molecule has 0 fully saturated rings. The summed E-state index contributed by atoms with van der Waals surface area (Å²) in [7, 11) is 0. The average Bonchev–Trinajstić information content (AvgIpc) is 2.48. The van der Waals surface area contributed by atoms with Crippen molar-refractivity contribution in [1.29, 1.82) is 0 Å². The molecule has 3 unspecified atom stereocenters. The highest BCUT2D eigenvalue weighted by molar-refractivity contribution is 7.80. The first-order valence-corrected chi connectivity index (χ1v) is 7.70. The van der Waals surface area contributed by atoms with Gasteiger partial charge in [0.1, 0.15) is 12.1 Å². The Bertz CT molecular complexity index is 458. The second-order valence-corrected chi connectivity index (χ2v) is 5.72. The molecule has 3 atom stereocenters. The van der Waals surface area contributed by atoms with Crippen LogP contribution in [0.5, 0.6) is 0 Å². The molecule has 0 rings (SSSR count). The van der Waals surface area contributed by atoms with Gasteiger partial charge in [0.2, 0.25) is 17.7 Å². The van der Waals surface area contributed by atoms with E-state index in [1.165, 1.54) is 6.92 Å². The molecule has 6 N–H and O–H groups in total. The fraction of sp³-hybridized carbons (Fsp3) is 0.692. The Morgan fingerprint density at radius 3 is 2.09 bits per heavy atom. The van der Waals surface area contributed by atoms with Gasteiger partial charge in [-0.05, 0) is 12.8 Å². The number of hydrogen-bond acceptors (Lipinski definition) is 6. The maximum Gasteiger partial charge on any atom is 0.327 e. The summed E-state index contributed by atoms with van der Waals surface area (Å²) in [5.41, 5.74) is 5.62. The lowest BCUT2D eigenvalue weighted by Gasteiger charge is -2.18. The summed E-state index contributed by atoms with van der Waals surface area (Å²) in [4.78, 5) is 45.8. The third-order valence-electron chi connectivity index (χ3n) is 3.01. The van der Waals surface area contributed by atoms with Crippen LogP contribution in [0.3, 0.4) is 0 Å². The van der Waals surface area contributed by atoms with E-state index in [0.717, 1.165) is 0 Å². The molecule has 132 valence electrons. The van der Waals surface area contributed by atoms with Gasteiger partial charge in [-0.1, -0.05) is 13.8 Å². The molecule has 9 nitrogen and oxygen atoms in total. The van der Waals surface area contributed by atoms with E-state index in [0.29, 0.717) is 0 Å². The largest absolute Gasteiger partial charge is 0.480 e. The Morgan fingerprint density at radius 2 is 1.65 bits per heavy atom. The van der Waals surface area contributed by atoms with Gasteiger partial charge in [-0.3, -0.25) is 14.4 Å². The van der Waals surface area contributed by atoms with Crippen LogP contribution < -0.4 is 21.7 Å². The fourth-order valence-corrected chi connectivity index (χ4v) is 1.68. The molecular weight excluding hydrogens is 324 g/mol. The van der Waals surface area contributed by atoms with Gasteiger partial charge in [-0.25, -0.2) is 4.79 Å². The molecule has 10 heteroatoms. The Kier molecular flexibility index (Phi) is 9.27. The van der Waals surface area contributed by atoms with Gasteiger partial charge in [0.15, 0.2) is 0 Å². The standard InChI is InChI=1S/C13H24N4O5S/c1-6(2)10(14)12(20)15-4-9(18)16-7(3)11(19)17-8(5-23)13(21)22/h6-8,10,23H,4-5,14H2,1-3H3,(H,15,20)(H,16,18)(H,17,19)(H,21,22). The Hall–Kier alpha value is -1.81. The van der Waals surface area contributed by atoms with E-state index in [1.54, 1.807) is 13.8 Å². The molecule has 0 heterocycles. The number of nitrogens with two attached hydrogens (primary N) is 1. The normalized spacial score (nSPS) is 14.5. The van der Waals surface area contributed by atoms with Crippen molar-refractivity contribution in [3.63, 3.8) is 0 Å². The molecule has 0 aromatic carbocycles. The Morgan fingerprint density at radius 1 is 1.09 bits per heavy atom. The van der Waals surface area contributed by atoms with Crippen LogP contribution in [0.1, 0.15) is 20.8 Å². The second-order valence-electron chi connectivity index (χ2n) is 5.36. The summed E-state index contributed by atoms with van der Waals surface area (Å²) in [5, 5.41) is 15.8. The van der Waals surface area contributed by atoms with E-state index in [2.05, 4.69) is 28.6 Å². The number of carboxylic acids is 1. The van der Waals surface area contributed by atoms with E-state index >= 15 is 0 Å². The first kappa shape index (κ1) is 21.2. The zero-order valence-electron chi connectivity index (χ0n) is 13.3. The van der Waals surface area contributed by atoms with Crippen molar-refractivity contribution >= 4 is 36.3 Å². The second kappa shape index (κ2) is 10.1. The molecule has 0 aliphatic heterocycles. The minimum absolute atomic E-state index is 0.0723. The predicted molar refractivity (Wildman–Crippen MR) is 86.8 cm³/mol. The molecule has 0 aliphatic rings. The summed E-state index contributed by atoms with van der Waals surface area (Å²) >= 11 is 3.82. The fourth-order valence-electron chi connectivity index (χ4n) is 1.43. The highest BCUT2D eigenvalue weighted by atomic mass is 32.1. The van der Waals surface area contributed by atoms with Crippen molar-refractivity contribution in [3.8, 4) is 0 Å². The van der Waals surface area contributed by atoms with Crippen LogP contribution in [0.15, 0.2) is 0 Å². The van der Waals surface area contributed by atoms with Crippen molar-refractivity contribution in [2.45, 2.75) is 38.9 Å². The third kappa shape index (κ3) is 7.84. The topological polar surface area (TPSA) is 151 Å². The summed E-state index contributed by atoms with van der Waals surface area (Å²) in [6.07, 6.45) is 0. The quantitative estimate of drug-likeness (QED) is 0.268. The molecule has 23 heavy (non-hydrogen) atoms. The number of hydrogen-bond donors (Lipinski definition) is 6. The van der Waals surface area contributed by atoms with Crippen LogP contribution in [-0.4, -0.2) is 59.2 Å². The predicted octanol–water partition coefficient (Wildman–Crippen LogP) is -1.91. The lowest BCUT2D eigenvalue weighted by atomic mass is 10.1. The number of thiol groups is 1. The summed E-state index contributed by atoms with van der Waals surface area (Å²) in [6.45, 7) is 4.62. The van der Waals surface area contributed by atoms with Crippen LogP contribution in [0.25, 0.3) is 0 Å². The van der Waals surface area contributed by atoms with Gasteiger partial charge in [-0.2, -0.15) is 12.6 Å². The van der Waals surface area contributed by atoms with Crippen molar-refractivity contribution in [3.05, 3.63) is 0 Å². The third-order valence-corrected chi connectivity index (χ3v) is 3.38. The minimum Gasteiger partial charge on any atom is -0.480 e.